The highest BCUT2D eigenvalue weighted by atomic mass is 19.1. The lowest BCUT2D eigenvalue weighted by Gasteiger charge is -2.07. The monoisotopic (exact) mass is 278 g/mol. The quantitative estimate of drug-likeness (QED) is 0.933. The number of carbonyl (C=O) groups is 1. The van der Waals surface area contributed by atoms with Gasteiger partial charge in [-0.05, 0) is 23.8 Å². The SMILES string of the molecule is COc1cc(CNC(=O)c2ccc(F)cc2F)ccn1. The van der Waals surface area contributed by atoms with Gasteiger partial charge in [-0.15, -0.1) is 0 Å². The topological polar surface area (TPSA) is 51.2 Å². The van der Waals surface area contributed by atoms with Gasteiger partial charge in [0.05, 0.1) is 12.7 Å². The van der Waals surface area contributed by atoms with Crippen LogP contribution in [-0.4, -0.2) is 18.0 Å². The van der Waals surface area contributed by atoms with Crippen molar-refractivity contribution < 1.29 is 18.3 Å². The Morgan fingerprint density at radius 3 is 2.80 bits per heavy atom. The predicted octanol–water partition coefficient (Wildman–Crippen LogP) is 2.30. The second-order valence-corrected chi connectivity index (χ2v) is 4.01. The normalized spacial score (nSPS) is 10.2. The van der Waals surface area contributed by atoms with Crippen LogP contribution in [0.1, 0.15) is 15.9 Å². The molecule has 0 aliphatic rings. The van der Waals surface area contributed by atoms with E-state index in [0.29, 0.717) is 11.9 Å². The van der Waals surface area contributed by atoms with E-state index in [0.717, 1.165) is 17.7 Å². The first-order chi connectivity index (χ1) is 9.60. The molecule has 0 radical (unpaired) electrons. The molecule has 1 N–H and O–H groups in total. The van der Waals surface area contributed by atoms with Gasteiger partial charge < -0.3 is 10.1 Å². The first kappa shape index (κ1) is 13.9. The van der Waals surface area contributed by atoms with E-state index in [1.165, 1.54) is 7.11 Å². The summed E-state index contributed by atoms with van der Waals surface area (Å²) in [5, 5.41) is 2.54. The van der Waals surface area contributed by atoms with Gasteiger partial charge in [-0.1, -0.05) is 0 Å². The number of hydrogen-bond donors (Lipinski definition) is 1. The summed E-state index contributed by atoms with van der Waals surface area (Å²) in [6, 6.07) is 6.16. The van der Waals surface area contributed by atoms with E-state index in [2.05, 4.69) is 10.3 Å². The van der Waals surface area contributed by atoms with Crippen LogP contribution in [0.15, 0.2) is 36.5 Å². The number of methoxy groups -OCH3 is 1. The summed E-state index contributed by atoms with van der Waals surface area (Å²) < 4.78 is 31.1. The van der Waals surface area contributed by atoms with Crippen molar-refractivity contribution in [1.82, 2.24) is 10.3 Å². The van der Waals surface area contributed by atoms with E-state index in [9.17, 15) is 13.6 Å². The van der Waals surface area contributed by atoms with Gasteiger partial charge in [-0.3, -0.25) is 4.79 Å². The van der Waals surface area contributed by atoms with E-state index >= 15 is 0 Å². The lowest BCUT2D eigenvalue weighted by atomic mass is 10.2. The average Bonchev–Trinajstić information content (AvgIpc) is 2.45. The predicted molar refractivity (Wildman–Crippen MR) is 68.3 cm³/mol. The average molecular weight is 278 g/mol. The minimum absolute atomic E-state index is 0.189. The maximum Gasteiger partial charge on any atom is 0.254 e. The maximum absolute atomic E-state index is 13.4. The molecule has 0 saturated carbocycles. The number of halogens is 2. The second kappa shape index (κ2) is 6.10. The largest absolute Gasteiger partial charge is 0.481 e. The highest BCUT2D eigenvalue weighted by molar-refractivity contribution is 5.94. The van der Waals surface area contributed by atoms with Crippen molar-refractivity contribution >= 4 is 5.91 Å². The van der Waals surface area contributed by atoms with Crippen LogP contribution in [0.5, 0.6) is 5.88 Å². The van der Waals surface area contributed by atoms with Gasteiger partial charge in [-0.25, -0.2) is 13.8 Å². The van der Waals surface area contributed by atoms with Crippen molar-refractivity contribution in [3.63, 3.8) is 0 Å². The highest BCUT2D eigenvalue weighted by Gasteiger charge is 2.12. The van der Waals surface area contributed by atoms with Gasteiger partial charge in [0.1, 0.15) is 11.6 Å². The van der Waals surface area contributed by atoms with Gasteiger partial charge in [0.15, 0.2) is 0 Å². The van der Waals surface area contributed by atoms with E-state index in [1.807, 2.05) is 0 Å². The number of amides is 1. The number of aromatic nitrogens is 1. The van der Waals surface area contributed by atoms with Crippen LogP contribution in [0.2, 0.25) is 0 Å². The highest BCUT2D eigenvalue weighted by Crippen LogP contribution is 2.11. The van der Waals surface area contributed by atoms with Crippen molar-refractivity contribution in [2.45, 2.75) is 6.54 Å². The van der Waals surface area contributed by atoms with Crippen molar-refractivity contribution in [2.75, 3.05) is 7.11 Å². The van der Waals surface area contributed by atoms with Gasteiger partial charge in [-0.2, -0.15) is 0 Å². The van der Waals surface area contributed by atoms with Gasteiger partial charge in [0.25, 0.3) is 5.91 Å². The third kappa shape index (κ3) is 3.28. The molecule has 0 atom stereocenters. The van der Waals surface area contributed by atoms with Crippen LogP contribution in [0, 0.1) is 11.6 Å². The molecule has 1 heterocycles. The van der Waals surface area contributed by atoms with Crippen LogP contribution in [0.4, 0.5) is 8.78 Å². The number of pyridine rings is 1. The Labute approximate surface area is 114 Å². The zero-order valence-corrected chi connectivity index (χ0v) is 10.7. The fraction of sp³-hybridized carbons (Fsp3) is 0.143. The third-order valence-corrected chi connectivity index (χ3v) is 2.64. The minimum Gasteiger partial charge on any atom is -0.481 e. The third-order valence-electron chi connectivity index (χ3n) is 2.64. The van der Waals surface area contributed by atoms with Crippen LogP contribution in [0.25, 0.3) is 0 Å². The van der Waals surface area contributed by atoms with Crippen molar-refractivity contribution in [3.8, 4) is 5.88 Å². The fourth-order valence-corrected chi connectivity index (χ4v) is 1.62. The number of rotatable bonds is 4. The van der Waals surface area contributed by atoms with E-state index < -0.39 is 17.5 Å². The van der Waals surface area contributed by atoms with Gasteiger partial charge >= 0.3 is 0 Å². The standard InChI is InChI=1S/C14H12F2N2O2/c1-20-13-6-9(4-5-17-13)8-18-14(19)11-3-2-10(15)7-12(11)16/h2-7H,8H2,1H3,(H,18,19). The Morgan fingerprint density at radius 1 is 1.30 bits per heavy atom. The van der Waals surface area contributed by atoms with Gasteiger partial charge in [0, 0.05) is 24.9 Å². The summed E-state index contributed by atoms with van der Waals surface area (Å²) >= 11 is 0. The Bertz CT molecular complexity index is 632. The van der Waals surface area contributed by atoms with Crippen molar-refractivity contribution in [2.24, 2.45) is 0 Å². The van der Waals surface area contributed by atoms with Gasteiger partial charge in [0.2, 0.25) is 5.88 Å². The molecular formula is C14H12F2N2O2. The first-order valence-electron chi connectivity index (χ1n) is 5.82. The molecule has 104 valence electrons. The Morgan fingerprint density at radius 2 is 2.10 bits per heavy atom. The number of benzene rings is 1. The zero-order valence-electron chi connectivity index (χ0n) is 10.7. The number of nitrogens with zero attached hydrogens (tertiary/aromatic N) is 1. The van der Waals surface area contributed by atoms with Crippen LogP contribution in [-0.2, 0) is 6.54 Å². The molecule has 20 heavy (non-hydrogen) atoms. The van der Waals surface area contributed by atoms with E-state index in [4.69, 9.17) is 4.74 Å². The summed E-state index contributed by atoms with van der Waals surface area (Å²) in [7, 11) is 1.48. The molecule has 6 heteroatoms. The van der Waals surface area contributed by atoms with Crippen LogP contribution < -0.4 is 10.1 Å². The summed E-state index contributed by atoms with van der Waals surface area (Å²) in [5.41, 5.74) is 0.556. The zero-order chi connectivity index (χ0) is 14.5. The number of hydrogen-bond acceptors (Lipinski definition) is 3. The molecule has 0 spiro atoms. The number of carbonyl (C=O) groups excluding carboxylic acids is 1. The molecule has 1 aromatic heterocycles. The smallest absolute Gasteiger partial charge is 0.254 e. The van der Waals surface area contributed by atoms with E-state index in [-0.39, 0.29) is 12.1 Å². The Kier molecular flexibility index (Phi) is 4.24. The molecular weight excluding hydrogens is 266 g/mol. The fourth-order valence-electron chi connectivity index (χ4n) is 1.62. The molecule has 1 amide bonds. The Balaban J connectivity index is 2.04. The molecule has 0 bridgehead atoms. The maximum atomic E-state index is 13.4. The van der Waals surface area contributed by atoms with Crippen molar-refractivity contribution in [1.29, 1.82) is 0 Å². The first-order valence-corrected chi connectivity index (χ1v) is 5.82. The lowest BCUT2D eigenvalue weighted by Crippen LogP contribution is -2.23. The summed E-state index contributed by atoms with van der Waals surface area (Å²) in [6.45, 7) is 0.189. The Hall–Kier alpha value is -2.50. The molecule has 0 aliphatic heterocycles. The lowest BCUT2D eigenvalue weighted by molar-refractivity contribution is 0.0946. The van der Waals surface area contributed by atoms with Crippen LogP contribution in [0.3, 0.4) is 0 Å². The number of nitrogens with one attached hydrogen (secondary N) is 1. The number of ether oxygens (including phenoxy) is 1. The second-order valence-electron chi connectivity index (χ2n) is 4.01. The molecule has 0 aliphatic carbocycles. The van der Waals surface area contributed by atoms with Crippen LogP contribution >= 0.6 is 0 Å². The van der Waals surface area contributed by atoms with Crippen molar-refractivity contribution in [3.05, 3.63) is 59.3 Å². The minimum atomic E-state index is -0.894. The van der Waals surface area contributed by atoms with E-state index in [1.54, 1.807) is 18.3 Å². The molecule has 4 nitrogen and oxygen atoms in total. The molecule has 1 aromatic carbocycles. The molecule has 2 aromatic rings. The molecule has 0 fully saturated rings. The molecule has 0 unspecified atom stereocenters. The summed E-state index contributed by atoms with van der Waals surface area (Å²) in [6.07, 6.45) is 1.54. The molecule has 2 rings (SSSR count). The summed E-state index contributed by atoms with van der Waals surface area (Å²) in [4.78, 5) is 15.7. The molecule has 0 saturated heterocycles. The summed E-state index contributed by atoms with van der Waals surface area (Å²) in [5.74, 6) is -1.81.